The summed E-state index contributed by atoms with van der Waals surface area (Å²) in [6.07, 6.45) is 6.33. The molecular formula is C17H29N3O2. The van der Waals surface area contributed by atoms with Crippen LogP contribution in [0, 0.1) is 17.8 Å². The van der Waals surface area contributed by atoms with Gasteiger partial charge < -0.3 is 15.1 Å². The summed E-state index contributed by atoms with van der Waals surface area (Å²) in [7, 11) is 1.98. The Morgan fingerprint density at radius 3 is 2.23 bits per heavy atom. The molecule has 0 aromatic heterocycles. The van der Waals surface area contributed by atoms with E-state index in [0.29, 0.717) is 18.4 Å². The number of carbonyl (C=O) groups is 2. The van der Waals surface area contributed by atoms with Gasteiger partial charge in [0.1, 0.15) is 0 Å². The maximum Gasteiger partial charge on any atom is 0.227 e. The van der Waals surface area contributed by atoms with Crippen LogP contribution in [0.5, 0.6) is 0 Å². The number of carbonyl (C=O) groups excluding carboxylic acids is 2. The molecule has 0 aromatic carbocycles. The Labute approximate surface area is 133 Å². The Morgan fingerprint density at radius 2 is 1.55 bits per heavy atom. The Bertz CT molecular complexity index is 420. The van der Waals surface area contributed by atoms with Crippen molar-refractivity contribution >= 4 is 11.8 Å². The molecule has 2 amide bonds. The third kappa shape index (κ3) is 3.62. The lowest BCUT2D eigenvalue weighted by Gasteiger charge is -2.38. The van der Waals surface area contributed by atoms with Crippen LogP contribution in [0.1, 0.15) is 38.5 Å². The van der Waals surface area contributed by atoms with Crippen LogP contribution in [0.3, 0.4) is 0 Å². The van der Waals surface area contributed by atoms with Crippen molar-refractivity contribution in [3.8, 4) is 0 Å². The number of rotatable bonds is 4. The minimum Gasteiger partial charge on any atom is -0.342 e. The Morgan fingerprint density at radius 1 is 0.909 bits per heavy atom. The molecule has 1 N–H and O–H groups in total. The normalized spacial score (nSPS) is 29.5. The molecule has 3 fully saturated rings. The summed E-state index contributed by atoms with van der Waals surface area (Å²) in [6.45, 7) is 4.27. The van der Waals surface area contributed by atoms with Crippen LogP contribution in [0.15, 0.2) is 0 Å². The van der Waals surface area contributed by atoms with Crippen molar-refractivity contribution in [2.75, 3.05) is 39.8 Å². The van der Waals surface area contributed by atoms with E-state index in [1.54, 1.807) is 0 Å². The molecule has 2 heterocycles. The predicted molar refractivity (Wildman–Crippen MR) is 85.3 cm³/mol. The Hall–Kier alpha value is -1.10. The van der Waals surface area contributed by atoms with E-state index in [1.807, 2.05) is 11.9 Å². The summed E-state index contributed by atoms with van der Waals surface area (Å²) >= 11 is 0. The topological polar surface area (TPSA) is 52.7 Å². The fraction of sp³-hybridized carbons (Fsp3) is 0.882. The summed E-state index contributed by atoms with van der Waals surface area (Å²) in [5, 5.41) is 3.23. The van der Waals surface area contributed by atoms with Gasteiger partial charge in [0.15, 0.2) is 0 Å². The van der Waals surface area contributed by atoms with Gasteiger partial charge in [0, 0.05) is 32.1 Å². The SMILES string of the molecule is CNCC1CCCN(C(=O)C2CCCN(C(=O)C3CC3)C2)C1. The minimum atomic E-state index is 0.0322. The molecule has 124 valence electrons. The van der Waals surface area contributed by atoms with E-state index in [2.05, 4.69) is 10.2 Å². The van der Waals surface area contributed by atoms with Crippen molar-refractivity contribution in [2.45, 2.75) is 38.5 Å². The van der Waals surface area contributed by atoms with Crippen LogP contribution in [0.4, 0.5) is 0 Å². The third-order valence-corrected chi connectivity index (χ3v) is 5.33. The maximum atomic E-state index is 12.8. The Balaban J connectivity index is 1.55. The maximum absolute atomic E-state index is 12.8. The molecule has 5 heteroatoms. The minimum absolute atomic E-state index is 0.0322. The van der Waals surface area contributed by atoms with Crippen molar-refractivity contribution in [2.24, 2.45) is 17.8 Å². The van der Waals surface area contributed by atoms with E-state index in [0.717, 1.165) is 58.3 Å². The number of amides is 2. The van der Waals surface area contributed by atoms with Crippen molar-refractivity contribution in [1.82, 2.24) is 15.1 Å². The van der Waals surface area contributed by atoms with E-state index >= 15 is 0 Å². The van der Waals surface area contributed by atoms with E-state index in [4.69, 9.17) is 0 Å². The first kappa shape index (κ1) is 15.8. The van der Waals surface area contributed by atoms with Gasteiger partial charge in [0.05, 0.1) is 5.92 Å². The van der Waals surface area contributed by atoms with E-state index < -0.39 is 0 Å². The van der Waals surface area contributed by atoms with Crippen molar-refractivity contribution in [1.29, 1.82) is 0 Å². The highest BCUT2D eigenvalue weighted by Crippen LogP contribution is 2.33. The zero-order valence-corrected chi connectivity index (χ0v) is 13.7. The third-order valence-electron chi connectivity index (χ3n) is 5.33. The quantitative estimate of drug-likeness (QED) is 0.846. The first-order valence-electron chi connectivity index (χ1n) is 8.91. The number of nitrogens with zero attached hydrogens (tertiary/aromatic N) is 2. The van der Waals surface area contributed by atoms with Gasteiger partial charge in [-0.1, -0.05) is 0 Å². The molecule has 1 saturated carbocycles. The summed E-state index contributed by atoms with van der Waals surface area (Å²) < 4.78 is 0. The molecule has 2 saturated heterocycles. The van der Waals surface area contributed by atoms with Gasteiger partial charge in [0.25, 0.3) is 0 Å². The smallest absolute Gasteiger partial charge is 0.227 e. The average molecular weight is 307 g/mol. The Kier molecular flexibility index (Phi) is 5.01. The highest BCUT2D eigenvalue weighted by molar-refractivity contribution is 5.83. The van der Waals surface area contributed by atoms with E-state index in [9.17, 15) is 9.59 Å². The van der Waals surface area contributed by atoms with Crippen LogP contribution in [0.2, 0.25) is 0 Å². The molecule has 0 radical (unpaired) electrons. The van der Waals surface area contributed by atoms with Crippen LogP contribution in [0.25, 0.3) is 0 Å². The van der Waals surface area contributed by atoms with Gasteiger partial charge in [-0.05, 0) is 58.0 Å². The fourth-order valence-electron chi connectivity index (χ4n) is 3.95. The number of hydrogen-bond acceptors (Lipinski definition) is 3. The van der Waals surface area contributed by atoms with Crippen LogP contribution in [-0.2, 0) is 9.59 Å². The van der Waals surface area contributed by atoms with Crippen LogP contribution < -0.4 is 5.32 Å². The summed E-state index contributed by atoms with van der Waals surface area (Å²) in [6, 6.07) is 0. The van der Waals surface area contributed by atoms with E-state index in [1.165, 1.54) is 6.42 Å². The lowest BCUT2D eigenvalue weighted by Crippen LogP contribution is -2.50. The molecular weight excluding hydrogens is 278 g/mol. The first-order chi connectivity index (χ1) is 10.7. The van der Waals surface area contributed by atoms with Gasteiger partial charge >= 0.3 is 0 Å². The largest absolute Gasteiger partial charge is 0.342 e. The van der Waals surface area contributed by atoms with Gasteiger partial charge in [-0.15, -0.1) is 0 Å². The molecule has 2 unspecified atom stereocenters. The van der Waals surface area contributed by atoms with Gasteiger partial charge in [-0.2, -0.15) is 0 Å². The summed E-state index contributed by atoms with van der Waals surface area (Å²) in [4.78, 5) is 29.1. The van der Waals surface area contributed by atoms with Crippen LogP contribution >= 0.6 is 0 Å². The molecule has 0 aromatic rings. The van der Waals surface area contributed by atoms with Crippen molar-refractivity contribution < 1.29 is 9.59 Å². The molecule has 2 atom stereocenters. The lowest BCUT2D eigenvalue weighted by atomic mass is 9.93. The average Bonchev–Trinajstić information content (AvgIpc) is 3.39. The van der Waals surface area contributed by atoms with Crippen molar-refractivity contribution in [3.05, 3.63) is 0 Å². The fourth-order valence-corrected chi connectivity index (χ4v) is 3.95. The summed E-state index contributed by atoms with van der Waals surface area (Å²) in [5.41, 5.74) is 0. The lowest BCUT2D eigenvalue weighted by molar-refractivity contribution is -0.142. The zero-order chi connectivity index (χ0) is 15.5. The number of nitrogens with one attached hydrogen (secondary N) is 1. The van der Waals surface area contributed by atoms with Crippen LogP contribution in [-0.4, -0.2) is 61.4 Å². The predicted octanol–water partition coefficient (Wildman–Crippen LogP) is 1.09. The molecule has 5 nitrogen and oxygen atoms in total. The molecule has 3 aliphatic rings. The van der Waals surface area contributed by atoms with Gasteiger partial charge in [-0.25, -0.2) is 0 Å². The zero-order valence-electron chi connectivity index (χ0n) is 13.7. The second-order valence-corrected chi connectivity index (χ2v) is 7.25. The summed E-state index contributed by atoms with van der Waals surface area (Å²) in [5.74, 6) is 1.46. The molecule has 1 aliphatic carbocycles. The molecule has 0 spiro atoms. The second kappa shape index (κ2) is 6.99. The highest BCUT2D eigenvalue weighted by atomic mass is 16.2. The molecule has 0 bridgehead atoms. The monoisotopic (exact) mass is 307 g/mol. The second-order valence-electron chi connectivity index (χ2n) is 7.25. The standard InChI is InChI=1S/C17H29N3O2/c1-18-10-13-4-2-8-19(11-13)17(22)15-5-3-9-20(12-15)16(21)14-6-7-14/h13-15,18H,2-12H2,1H3. The van der Waals surface area contributed by atoms with Crippen molar-refractivity contribution in [3.63, 3.8) is 0 Å². The molecule has 3 rings (SSSR count). The molecule has 22 heavy (non-hydrogen) atoms. The van der Waals surface area contributed by atoms with E-state index in [-0.39, 0.29) is 17.7 Å². The number of piperidine rings is 2. The highest BCUT2D eigenvalue weighted by Gasteiger charge is 2.38. The van der Waals surface area contributed by atoms with Gasteiger partial charge in [0.2, 0.25) is 11.8 Å². The molecule has 2 aliphatic heterocycles. The van der Waals surface area contributed by atoms with Gasteiger partial charge in [-0.3, -0.25) is 9.59 Å². The number of hydrogen-bond donors (Lipinski definition) is 1. The number of likely N-dealkylation sites (tertiary alicyclic amines) is 2. The first-order valence-corrected chi connectivity index (χ1v) is 8.91.